The van der Waals surface area contributed by atoms with Crippen molar-refractivity contribution >= 4 is 0 Å². The van der Waals surface area contributed by atoms with Crippen molar-refractivity contribution in [2.45, 2.75) is 32.6 Å². The first-order chi connectivity index (χ1) is 11.0. The first-order valence-electron chi connectivity index (χ1n) is 7.08. The summed E-state index contributed by atoms with van der Waals surface area (Å²) >= 11 is 0. The van der Waals surface area contributed by atoms with Gasteiger partial charge in [0.05, 0.1) is 6.17 Å². The largest absolute Gasteiger partial charge is 0.325 e. The fourth-order valence-corrected chi connectivity index (χ4v) is 1.97. The van der Waals surface area contributed by atoms with Crippen molar-refractivity contribution in [3.63, 3.8) is 0 Å². The van der Waals surface area contributed by atoms with Gasteiger partial charge in [0.15, 0.2) is 0 Å². The molecule has 23 heavy (non-hydrogen) atoms. The Bertz CT molecular complexity index is 806. The molecule has 0 spiro atoms. The fourth-order valence-electron chi connectivity index (χ4n) is 1.97. The highest BCUT2D eigenvalue weighted by molar-refractivity contribution is 5.04. The number of hydrogen-bond donors (Lipinski definition) is 6. The van der Waals surface area contributed by atoms with Crippen LogP contribution in [0.1, 0.15) is 24.5 Å². The molecule has 0 saturated heterocycles. The number of nitrogens with one attached hydrogen (secondary N) is 6. The van der Waals surface area contributed by atoms with Crippen molar-refractivity contribution in [3.8, 4) is 0 Å². The van der Waals surface area contributed by atoms with Gasteiger partial charge in [-0.05, 0) is 6.42 Å². The molecule has 2 aromatic rings. The van der Waals surface area contributed by atoms with Crippen molar-refractivity contribution in [1.82, 2.24) is 30.6 Å². The highest BCUT2D eigenvalue weighted by atomic mass is 16.2. The van der Waals surface area contributed by atoms with Gasteiger partial charge in [-0.25, -0.2) is 9.59 Å². The van der Waals surface area contributed by atoms with Crippen LogP contribution in [0, 0.1) is 0 Å². The summed E-state index contributed by atoms with van der Waals surface area (Å²) in [6.07, 6.45) is 3.25. The van der Waals surface area contributed by atoms with Gasteiger partial charge in [0.1, 0.15) is 0 Å². The molecule has 6 N–H and O–H groups in total. The maximum Gasteiger partial charge on any atom is 0.325 e. The molecule has 0 fully saturated rings. The maximum absolute atomic E-state index is 11.6. The van der Waals surface area contributed by atoms with Gasteiger partial charge in [-0.2, -0.15) is 0 Å². The zero-order chi connectivity index (χ0) is 16.8. The second-order valence-electron chi connectivity index (χ2n) is 4.92. The lowest BCUT2D eigenvalue weighted by Gasteiger charge is -2.18. The van der Waals surface area contributed by atoms with Crippen LogP contribution in [0.4, 0.5) is 0 Å². The predicted octanol–water partition coefficient (Wildman–Crippen LogP) is -1.94. The van der Waals surface area contributed by atoms with Crippen molar-refractivity contribution in [3.05, 3.63) is 65.2 Å². The van der Waals surface area contributed by atoms with Gasteiger partial charge < -0.3 is 9.97 Å². The molecule has 2 aromatic heterocycles. The topological polar surface area (TPSA) is 155 Å². The Morgan fingerprint density at radius 2 is 1.30 bits per heavy atom. The van der Waals surface area contributed by atoms with Gasteiger partial charge in [-0.1, -0.05) is 6.92 Å². The van der Waals surface area contributed by atoms with E-state index in [9.17, 15) is 19.2 Å². The summed E-state index contributed by atoms with van der Waals surface area (Å²) in [6, 6.07) is 0. The summed E-state index contributed by atoms with van der Waals surface area (Å²) < 4.78 is 0. The molecule has 2 rings (SSSR count). The fraction of sp³-hybridized carbons (Fsp3) is 0.385. The second-order valence-corrected chi connectivity index (χ2v) is 4.92. The van der Waals surface area contributed by atoms with E-state index in [1.165, 1.54) is 12.4 Å². The lowest BCUT2D eigenvalue weighted by Crippen LogP contribution is -2.43. The lowest BCUT2D eigenvalue weighted by atomic mass is 10.2. The van der Waals surface area contributed by atoms with Crippen LogP contribution >= 0.6 is 0 Å². The van der Waals surface area contributed by atoms with Gasteiger partial charge in [0.2, 0.25) is 0 Å². The smallest absolute Gasteiger partial charge is 0.314 e. The van der Waals surface area contributed by atoms with E-state index in [4.69, 9.17) is 0 Å². The van der Waals surface area contributed by atoms with Crippen LogP contribution in [0.15, 0.2) is 31.6 Å². The number of H-pyrrole nitrogens is 4. The van der Waals surface area contributed by atoms with E-state index >= 15 is 0 Å². The zero-order valence-corrected chi connectivity index (χ0v) is 12.5. The predicted molar refractivity (Wildman–Crippen MR) is 83.1 cm³/mol. The minimum absolute atomic E-state index is 0.160. The van der Waals surface area contributed by atoms with E-state index in [1.54, 1.807) is 0 Å². The summed E-state index contributed by atoms with van der Waals surface area (Å²) in [5.74, 6) is 0. The summed E-state index contributed by atoms with van der Waals surface area (Å²) in [4.78, 5) is 54.2. The minimum atomic E-state index is -0.554. The maximum atomic E-state index is 11.6. The summed E-state index contributed by atoms with van der Waals surface area (Å²) in [5, 5.41) is 6.22. The van der Waals surface area contributed by atoms with Crippen molar-refractivity contribution in [1.29, 1.82) is 0 Å². The van der Waals surface area contributed by atoms with Crippen LogP contribution in [-0.4, -0.2) is 26.1 Å². The third kappa shape index (κ3) is 4.63. The molecule has 0 aliphatic rings. The highest BCUT2D eigenvalue weighted by Gasteiger charge is 2.08. The molecule has 0 saturated carbocycles. The Labute approximate surface area is 129 Å². The van der Waals surface area contributed by atoms with Gasteiger partial charge >= 0.3 is 11.4 Å². The normalized spacial score (nSPS) is 11.0. The standard InChI is InChI=1S/C13H18N6O4/c1-2-9(14-3-7-5-16-12(22)18-10(7)20)15-4-8-6-17-13(23)19-11(8)21/h5-6,9,14-15H,2-4H2,1H3,(H2,16,18,20,22)(H2,17,19,21,23). The molecule has 2 heterocycles. The summed E-state index contributed by atoms with van der Waals surface area (Å²) in [7, 11) is 0. The number of aromatic nitrogens is 4. The minimum Gasteiger partial charge on any atom is -0.314 e. The Balaban J connectivity index is 1.95. The molecular formula is C13H18N6O4. The summed E-state index contributed by atoms with van der Waals surface area (Å²) in [5.41, 5.74) is -1.22. The van der Waals surface area contributed by atoms with E-state index in [2.05, 4.69) is 30.6 Å². The van der Waals surface area contributed by atoms with Crippen molar-refractivity contribution < 1.29 is 0 Å². The lowest BCUT2D eigenvalue weighted by molar-refractivity contribution is 0.408. The van der Waals surface area contributed by atoms with E-state index < -0.39 is 22.5 Å². The van der Waals surface area contributed by atoms with Gasteiger partial charge in [0.25, 0.3) is 11.1 Å². The first kappa shape index (κ1) is 16.6. The number of hydrogen-bond acceptors (Lipinski definition) is 6. The average molecular weight is 322 g/mol. The molecular weight excluding hydrogens is 304 g/mol. The zero-order valence-electron chi connectivity index (χ0n) is 12.5. The van der Waals surface area contributed by atoms with E-state index in [-0.39, 0.29) is 19.3 Å². The molecule has 0 aliphatic carbocycles. The van der Waals surface area contributed by atoms with Gasteiger partial charge in [-0.15, -0.1) is 0 Å². The first-order valence-corrected chi connectivity index (χ1v) is 7.08. The molecule has 0 atom stereocenters. The molecule has 10 nitrogen and oxygen atoms in total. The molecule has 124 valence electrons. The molecule has 0 aliphatic heterocycles. The monoisotopic (exact) mass is 322 g/mol. The molecule has 0 bridgehead atoms. The van der Waals surface area contributed by atoms with Crippen LogP contribution in [0.2, 0.25) is 0 Å². The SMILES string of the molecule is CCC(NCc1c[nH]c(=O)[nH]c1=O)NCc1c[nH]c(=O)[nH]c1=O. The van der Waals surface area contributed by atoms with Crippen LogP contribution in [-0.2, 0) is 13.1 Å². The Morgan fingerprint density at radius 1 is 0.870 bits per heavy atom. The third-order valence-corrected chi connectivity index (χ3v) is 3.28. The van der Waals surface area contributed by atoms with Crippen LogP contribution < -0.4 is 33.1 Å². The Hall–Kier alpha value is -2.72. The Kier molecular flexibility index (Phi) is 5.44. The number of aromatic amines is 4. The van der Waals surface area contributed by atoms with E-state index in [0.29, 0.717) is 17.5 Å². The third-order valence-electron chi connectivity index (χ3n) is 3.28. The van der Waals surface area contributed by atoms with Gasteiger partial charge in [0, 0.05) is 36.6 Å². The molecule has 0 aromatic carbocycles. The van der Waals surface area contributed by atoms with Crippen molar-refractivity contribution in [2.24, 2.45) is 0 Å². The van der Waals surface area contributed by atoms with E-state index in [1.807, 2.05) is 6.92 Å². The molecule has 0 unspecified atom stereocenters. The van der Waals surface area contributed by atoms with Crippen LogP contribution in [0.5, 0.6) is 0 Å². The van der Waals surface area contributed by atoms with Gasteiger partial charge in [-0.3, -0.25) is 30.2 Å². The van der Waals surface area contributed by atoms with Crippen molar-refractivity contribution in [2.75, 3.05) is 0 Å². The molecule has 0 amide bonds. The average Bonchev–Trinajstić information content (AvgIpc) is 2.50. The Morgan fingerprint density at radius 3 is 1.65 bits per heavy atom. The van der Waals surface area contributed by atoms with Crippen LogP contribution in [0.25, 0.3) is 0 Å². The highest BCUT2D eigenvalue weighted by Crippen LogP contribution is 1.93. The van der Waals surface area contributed by atoms with E-state index in [0.717, 1.165) is 0 Å². The second kappa shape index (κ2) is 7.51. The summed E-state index contributed by atoms with van der Waals surface area (Å²) in [6.45, 7) is 2.43. The quantitative estimate of drug-likeness (QED) is 0.326. The van der Waals surface area contributed by atoms with Crippen LogP contribution in [0.3, 0.4) is 0 Å². The number of rotatable bonds is 7. The molecule has 0 radical (unpaired) electrons. The molecule has 10 heteroatoms.